The van der Waals surface area contributed by atoms with E-state index in [1.807, 2.05) is 18.9 Å². The van der Waals surface area contributed by atoms with Gasteiger partial charge in [-0.15, -0.1) is 0 Å². The molecule has 1 aromatic rings. The number of anilines is 1. The maximum atomic E-state index is 10.9. The minimum atomic E-state index is -3.57. The molecule has 78 valence electrons. The van der Waals surface area contributed by atoms with Gasteiger partial charge in [-0.3, -0.25) is 0 Å². The Balaban J connectivity index is 3.01. The maximum absolute atomic E-state index is 10.9. The number of benzene rings is 1. The van der Waals surface area contributed by atoms with Crippen LogP contribution in [-0.2, 0) is 10.0 Å². The zero-order valence-corrected chi connectivity index (χ0v) is 9.08. The highest BCUT2D eigenvalue weighted by atomic mass is 32.2. The molecule has 0 spiro atoms. The summed E-state index contributed by atoms with van der Waals surface area (Å²) in [6.45, 7) is 2.89. The van der Waals surface area contributed by atoms with E-state index in [2.05, 4.69) is 0 Å². The lowest BCUT2D eigenvalue weighted by molar-refractivity contribution is 0.598. The summed E-state index contributed by atoms with van der Waals surface area (Å²) in [7, 11) is -1.63. The normalized spacial score (nSPS) is 11.4. The van der Waals surface area contributed by atoms with Gasteiger partial charge in [0.25, 0.3) is 0 Å². The van der Waals surface area contributed by atoms with Gasteiger partial charge < -0.3 is 4.90 Å². The molecule has 5 heteroatoms. The first-order valence-corrected chi connectivity index (χ1v) is 5.84. The zero-order valence-electron chi connectivity index (χ0n) is 8.27. The van der Waals surface area contributed by atoms with Crippen LogP contribution in [0.2, 0.25) is 0 Å². The van der Waals surface area contributed by atoms with Crippen LogP contribution in [0.5, 0.6) is 0 Å². The van der Waals surface area contributed by atoms with E-state index < -0.39 is 10.0 Å². The Kier molecular flexibility index (Phi) is 3.13. The van der Waals surface area contributed by atoms with Crippen molar-refractivity contribution in [3.63, 3.8) is 0 Å². The van der Waals surface area contributed by atoms with Gasteiger partial charge in [0.2, 0.25) is 10.0 Å². The van der Waals surface area contributed by atoms with Crippen LogP contribution in [0.4, 0.5) is 5.69 Å². The molecule has 0 aliphatic rings. The van der Waals surface area contributed by atoms with Gasteiger partial charge in [0, 0.05) is 19.3 Å². The average molecular weight is 214 g/mol. The molecule has 0 bridgehead atoms. The summed E-state index contributed by atoms with van der Waals surface area (Å²) in [6, 6.07) is 6.50. The second-order valence-corrected chi connectivity index (χ2v) is 4.61. The van der Waals surface area contributed by atoms with Gasteiger partial charge in [0.1, 0.15) is 0 Å². The summed E-state index contributed by atoms with van der Waals surface area (Å²) in [4.78, 5) is 2.15. The van der Waals surface area contributed by atoms with Gasteiger partial charge in [0.05, 0.1) is 4.90 Å². The fourth-order valence-corrected chi connectivity index (χ4v) is 1.59. The molecule has 0 aliphatic heterocycles. The fourth-order valence-electron chi connectivity index (χ4n) is 1.07. The molecule has 0 fully saturated rings. The number of nitrogens with zero attached hydrogens (tertiary/aromatic N) is 1. The Morgan fingerprint density at radius 1 is 1.29 bits per heavy atom. The van der Waals surface area contributed by atoms with Crippen molar-refractivity contribution < 1.29 is 8.42 Å². The molecule has 0 aliphatic carbocycles. The monoisotopic (exact) mass is 214 g/mol. The van der Waals surface area contributed by atoms with Crippen LogP contribution in [0.15, 0.2) is 29.2 Å². The largest absolute Gasteiger partial charge is 0.375 e. The third-order valence-electron chi connectivity index (χ3n) is 2.08. The zero-order chi connectivity index (χ0) is 10.8. The molecule has 0 atom stereocenters. The highest BCUT2D eigenvalue weighted by Gasteiger charge is 2.07. The van der Waals surface area contributed by atoms with Crippen LogP contribution < -0.4 is 10.0 Å². The van der Waals surface area contributed by atoms with E-state index in [1.165, 1.54) is 12.1 Å². The van der Waals surface area contributed by atoms with Crippen LogP contribution in [0.1, 0.15) is 6.92 Å². The van der Waals surface area contributed by atoms with E-state index in [-0.39, 0.29) is 4.90 Å². The summed E-state index contributed by atoms with van der Waals surface area (Å²) < 4.78 is 21.9. The van der Waals surface area contributed by atoms with Gasteiger partial charge in [-0.25, -0.2) is 13.6 Å². The second-order valence-electron chi connectivity index (χ2n) is 3.05. The van der Waals surface area contributed by atoms with Crippen LogP contribution in [0.25, 0.3) is 0 Å². The summed E-state index contributed by atoms with van der Waals surface area (Å²) in [5.41, 5.74) is 0.972. The van der Waals surface area contributed by atoms with Crippen LogP contribution in [0.3, 0.4) is 0 Å². The molecule has 2 N–H and O–H groups in total. The highest BCUT2D eigenvalue weighted by Crippen LogP contribution is 2.15. The van der Waals surface area contributed by atoms with E-state index in [9.17, 15) is 8.42 Å². The Hall–Kier alpha value is -1.07. The molecule has 0 heterocycles. The Morgan fingerprint density at radius 2 is 1.79 bits per heavy atom. The third kappa shape index (κ3) is 2.46. The van der Waals surface area contributed by atoms with E-state index in [0.717, 1.165) is 12.2 Å². The Morgan fingerprint density at radius 3 is 2.14 bits per heavy atom. The van der Waals surface area contributed by atoms with Gasteiger partial charge in [-0.2, -0.15) is 0 Å². The molecule has 0 amide bonds. The lowest BCUT2D eigenvalue weighted by Gasteiger charge is -2.16. The number of hydrogen-bond donors (Lipinski definition) is 1. The summed E-state index contributed by atoms with van der Waals surface area (Å²) in [5, 5.41) is 4.97. The van der Waals surface area contributed by atoms with Crippen molar-refractivity contribution >= 4 is 15.7 Å². The van der Waals surface area contributed by atoms with Crippen molar-refractivity contribution in [3.05, 3.63) is 24.3 Å². The first-order valence-electron chi connectivity index (χ1n) is 4.29. The van der Waals surface area contributed by atoms with E-state index in [1.54, 1.807) is 12.1 Å². The lowest BCUT2D eigenvalue weighted by Crippen LogP contribution is -2.16. The first kappa shape index (κ1) is 11.0. The fraction of sp³-hybridized carbons (Fsp3) is 0.333. The van der Waals surface area contributed by atoms with Gasteiger partial charge in [0.15, 0.2) is 0 Å². The molecule has 0 aromatic heterocycles. The summed E-state index contributed by atoms with van der Waals surface area (Å²) in [5.74, 6) is 0. The molecule has 0 saturated heterocycles. The smallest absolute Gasteiger partial charge is 0.238 e. The molecule has 1 rings (SSSR count). The van der Waals surface area contributed by atoms with Crippen molar-refractivity contribution in [2.45, 2.75) is 11.8 Å². The van der Waals surface area contributed by atoms with Crippen molar-refractivity contribution in [2.24, 2.45) is 5.14 Å². The summed E-state index contributed by atoms with van der Waals surface area (Å²) >= 11 is 0. The van der Waals surface area contributed by atoms with Crippen LogP contribution >= 0.6 is 0 Å². The Bertz CT molecular complexity index is 397. The molecule has 4 nitrogen and oxygen atoms in total. The molecular formula is C9H14N2O2S. The second kappa shape index (κ2) is 3.98. The number of sulfonamides is 1. The predicted octanol–water partition coefficient (Wildman–Crippen LogP) is 0.790. The standard InChI is InChI=1S/C9H14N2O2S/c1-3-11(2)8-4-6-9(7-5-8)14(10,12)13/h4-7H,3H2,1-2H3,(H2,10,12,13). The third-order valence-corrected chi connectivity index (χ3v) is 3.01. The van der Waals surface area contributed by atoms with Gasteiger partial charge in [-0.1, -0.05) is 0 Å². The molecule has 14 heavy (non-hydrogen) atoms. The highest BCUT2D eigenvalue weighted by molar-refractivity contribution is 7.89. The van der Waals surface area contributed by atoms with Gasteiger partial charge in [-0.05, 0) is 31.2 Å². The van der Waals surface area contributed by atoms with Crippen LogP contribution in [0, 0.1) is 0 Å². The van der Waals surface area contributed by atoms with Crippen molar-refractivity contribution in [3.8, 4) is 0 Å². The molecule has 0 unspecified atom stereocenters. The molecule has 0 saturated carbocycles. The number of hydrogen-bond acceptors (Lipinski definition) is 3. The maximum Gasteiger partial charge on any atom is 0.238 e. The van der Waals surface area contributed by atoms with E-state index in [0.29, 0.717) is 0 Å². The van der Waals surface area contributed by atoms with E-state index >= 15 is 0 Å². The van der Waals surface area contributed by atoms with Crippen molar-refractivity contribution in [1.29, 1.82) is 0 Å². The number of nitrogens with two attached hydrogens (primary N) is 1. The first-order chi connectivity index (χ1) is 6.45. The van der Waals surface area contributed by atoms with Crippen molar-refractivity contribution in [2.75, 3.05) is 18.5 Å². The predicted molar refractivity (Wildman–Crippen MR) is 56.8 cm³/mol. The Labute approximate surface area is 84.4 Å². The van der Waals surface area contributed by atoms with Crippen LogP contribution in [-0.4, -0.2) is 22.0 Å². The SMILES string of the molecule is CCN(C)c1ccc(S(N)(=O)=O)cc1. The minimum Gasteiger partial charge on any atom is -0.375 e. The average Bonchev–Trinajstić information content (AvgIpc) is 2.15. The topological polar surface area (TPSA) is 63.4 Å². The number of primary sulfonamides is 1. The molecular weight excluding hydrogens is 200 g/mol. The minimum absolute atomic E-state index is 0.144. The van der Waals surface area contributed by atoms with Crippen molar-refractivity contribution in [1.82, 2.24) is 0 Å². The quantitative estimate of drug-likeness (QED) is 0.809. The lowest BCUT2D eigenvalue weighted by atomic mass is 10.3. The van der Waals surface area contributed by atoms with E-state index in [4.69, 9.17) is 5.14 Å². The van der Waals surface area contributed by atoms with Gasteiger partial charge >= 0.3 is 0 Å². The summed E-state index contributed by atoms with van der Waals surface area (Å²) in [6.07, 6.45) is 0. The molecule has 1 aromatic carbocycles. The molecule has 0 radical (unpaired) electrons. The number of rotatable bonds is 3.